The Kier molecular flexibility index (Phi) is 3.59. The number of likely N-dealkylation sites (tertiary alicyclic amines) is 1. The molecular formula is C11H21FN2O. The second-order valence-electron chi connectivity index (χ2n) is 4.88. The molecule has 0 spiro atoms. The molecule has 0 saturated carbocycles. The van der Waals surface area contributed by atoms with Gasteiger partial charge in [0.15, 0.2) is 0 Å². The second kappa shape index (κ2) is 4.76. The molecule has 0 atom stereocenters. The average molecular weight is 216 g/mol. The summed E-state index contributed by atoms with van der Waals surface area (Å²) in [5.41, 5.74) is -0.981. The lowest BCUT2D eigenvalue weighted by atomic mass is 9.96. The van der Waals surface area contributed by atoms with Crippen molar-refractivity contribution in [1.29, 1.82) is 0 Å². The maximum Gasteiger partial charge on any atom is 0.137 e. The number of nitrogens with one attached hydrogen (secondary N) is 1. The normalized spacial score (nSPS) is 27.6. The molecule has 0 amide bonds. The largest absolute Gasteiger partial charge is 0.378 e. The molecule has 0 unspecified atom stereocenters. The second-order valence-corrected chi connectivity index (χ2v) is 4.88. The topological polar surface area (TPSA) is 24.5 Å². The van der Waals surface area contributed by atoms with E-state index in [2.05, 4.69) is 17.3 Å². The minimum atomic E-state index is -0.981. The van der Waals surface area contributed by atoms with Crippen LogP contribution in [-0.4, -0.2) is 56.5 Å². The van der Waals surface area contributed by atoms with Gasteiger partial charge >= 0.3 is 0 Å². The first-order valence-electron chi connectivity index (χ1n) is 5.88. The van der Waals surface area contributed by atoms with E-state index in [4.69, 9.17) is 4.74 Å². The summed E-state index contributed by atoms with van der Waals surface area (Å²) in [6.07, 6.45) is 3.09. The molecule has 3 nitrogen and oxygen atoms in total. The van der Waals surface area contributed by atoms with Gasteiger partial charge in [0.1, 0.15) is 5.67 Å². The van der Waals surface area contributed by atoms with Crippen molar-refractivity contribution < 1.29 is 9.13 Å². The van der Waals surface area contributed by atoms with Gasteiger partial charge in [-0.15, -0.1) is 0 Å². The summed E-state index contributed by atoms with van der Waals surface area (Å²) < 4.78 is 19.3. The van der Waals surface area contributed by atoms with E-state index in [1.807, 2.05) is 0 Å². The number of nitrogens with zero attached hydrogens (tertiary/aromatic N) is 1. The lowest BCUT2D eigenvalue weighted by Gasteiger charge is -2.35. The predicted octanol–water partition coefficient (Wildman–Crippen LogP) is 0.799. The minimum absolute atomic E-state index is 0.359. The summed E-state index contributed by atoms with van der Waals surface area (Å²) in [4.78, 5) is 2.31. The Labute approximate surface area is 91.0 Å². The highest BCUT2D eigenvalue weighted by Crippen LogP contribution is 2.22. The third-order valence-electron chi connectivity index (χ3n) is 3.45. The molecule has 1 N–H and O–H groups in total. The van der Waals surface area contributed by atoms with Crippen LogP contribution in [0.4, 0.5) is 4.39 Å². The smallest absolute Gasteiger partial charge is 0.137 e. The number of ether oxygens (including phenoxy) is 1. The third-order valence-corrected chi connectivity index (χ3v) is 3.45. The monoisotopic (exact) mass is 216 g/mol. The summed E-state index contributed by atoms with van der Waals surface area (Å²) >= 11 is 0. The van der Waals surface area contributed by atoms with Crippen molar-refractivity contribution in [3.63, 3.8) is 0 Å². The summed E-state index contributed by atoms with van der Waals surface area (Å²) in [5.74, 6) is 0. The molecule has 2 fully saturated rings. The number of halogens is 1. The lowest BCUT2D eigenvalue weighted by Crippen LogP contribution is -2.56. The molecule has 4 heteroatoms. The lowest BCUT2D eigenvalue weighted by molar-refractivity contribution is -0.0202. The first-order chi connectivity index (χ1) is 7.18. The van der Waals surface area contributed by atoms with Crippen LogP contribution in [-0.2, 0) is 4.74 Å². The van der Waals surface area contributed by atoms with E-state index < -0.39 is 5.67 Å². The fourth-order valence-electron chi connectivity index (χ4n) is 2.13. The van der Waals surface area contributed by atoms with Crippen molar-refractivity contribution in [2.24, 2.45) is 0 Å². The van der Waals surface area contributed by atoms with E-state index in [1.165, 1.54) is 0 Å². The quantitative estimate of drug-likeness (QED) is 0.752. The molecule has 2 saturated heterocycles. The number of piperidine rings is 1. The van der Waals surface area contributed by atoms with E-state index in [0.29, 0.717) is 32.2 Å². The molecule has 0 bridgehead atoms. The van der Waals surface area contributed by atoms with Gasteiger partial charge in [-0.1, -0.05) is 0 Å². The van der Waals surface area contributed by atoms with Crippen LogP contribution in [0.3, 0.4) is 0 Å². The Balaban J connectivity index is 1.57. The predicted molar refractivity (Wildman–Crippen MR) is 57.8 cm³/mol. The Bertz CT molecular complexity index is 201. The molecule has 0 aliphatic carbocycles. The molecule has 15 heavy (non-hydrogen) atoms. The van der Waals surface area contributed by atoms with Crippen LogP contribution in [0.2, 0.25) is 0 Å². The van der Waals surface area contributed by atoms with E-state index in [1.54, 1.807) is 0 Å². The number of alkyl halides is 1. The van der Waals surface area contributed by atoms with Crippen LogP contribution in [0, 0.1) is 0 Å². The van der Waals surface area contributed by atoms with Crippen molar-refractivity contribution in [1.82, 2.24) is 10.2 Å². The zero-order valence-electron chi connectivity index (χ0n) is 9.47. The van der Waals surface area contributed by atoms with Gasteiger partial charge in [-0.25, -0.2) is 4.39 Å². The number of hydrogen-bond acceptors (Lipinski definition) is 3. The van der Waals surface area contributed by atoms with E-state index in [9.17, 15) is 4.39 Å². The van der Waals surface area contributed by atoms with Gasteiger partial charge in [0.05, 0.1) is 12.7 Å². The molecular weight excluding hydrogens is 195 g/mol. The third kappa shape index (κ3) is 3.13. The highest BCUT2D eigenvalue weighted by molar-refractivity contribution is 4.92. The molecule has 0 aromatic carbocycles. The van der Waals surface area contributed by atoms with Crippen molar-refractivity contribution in [3.05, 3.63) is 0 Å². The summed E-state index contributed by atoms with van der Waals surface area (Å²) in [7, 11) is 2.13. The van der Waals surface area contributed by atoms with Crippen molar-refractivity contribution in [2.45, 2.75) is 31.0 Å². The van der Waals surface area contributed by atoms with Gasteiger partial charge in [0, 0.05) is 32.6 Å². The molecule has 2 aliphatic rings. The number of rotatable bonds is 4. The Hall–Kier alpha value is -0.190. The molecule has 88 valence electrons. The number of hydrogen-bond donors (Lipinski definition) is 1. The fourth-order valence-corrected chi connectivity index (χ4v) is 2.13. The maximum absolute atomic E-state index is 13.6. The van der Waals surface area contributed by atoms with Crippen LogP contribution in [0.5, 0.6) is 0 Å². The first kappa shape index (κ1) is 11.3. The highest BCUT2D eigenvalue weighted by Gasteiger charge is 2.36. The van der Waals surface area contributed by atoms with Gasteiger partial charge in [-0.05, 0) is 19.9 Å². The first-order valence-corrected chi connectivity index (χ1v) is 5.88. The minimum Gasteiger partial charge on any atom is -0.378 e. The van der Waals surface area contributed by atoms with Gasteiger partial charge in [-0.2, -0.15) is 0 Å². The molecule has 2 heterocycles. The molecule has 0 aromatic rings. The van der Waals surface area contributed by atoms with E-state index in [0.717, 1.165) is 25.9 Å². The van der Waals surface area contributed by atoms with E-state index >= 15 is 0 Å². The zero-order chi connectivity index (χ0) is 10.7. The van der Waals surface area contributed by atoms with Crippen LogP contribution in [0.1, 0.15) is 19.3 Å². The van der Waals surface area contributed by atoms with Gasteiger partial charge in [-0.3, -0.25) is 0 Å². The molecule has 2 aliphatic heterocycles. The van der Waals surface area contributed by atoms with Crippen LogP contribution < -0.4 is 5.32 Å². The Morgan fingerprint density at radius 2 is 2.07 bits per heavy atom. The fraction of sp³-hybridized carbons (Fsp3) is 1.00. The standard InChI is InChI=1S/C11H21FN2O/c1-14-5-2-10(3-6-14)15-7-4-11(12)8-13-9-11/h10,13H,2-9H2,1H3. The van der Waals surface area contributed by atoms with Gasteiger partial charge in [0.25, 0.3) is 0 Å². The Morgan fingerprint density at radius 1 is 1.40 bits per heavy atom. The summed E-state index contributed by atoms with van der Waals surface area (Å²) in [6, 6.07) is 0. The van der Waals surface area contributed by atoms with Crippen molar-refractivity contribution in [2.75, 3.05) is 39.8 Å². The molecule has 0 radical (unpaired) electrons. The molecule has 2 rings (SSSR count). The van der Waals surface area contributed by atoms with Crippen molar-refractivity contribution in [3.8, 4) is 0 Å². The zero-order valence-corrected chi connectivity index (χ0v) is 9.47. The van der Waals surface area contributed by atoms with Crippen molar-refractivity contribution >= 4 is 0 Å². The van der Waals surface area contributed by atoms with E-state index in [-0.39, 0.29) is 0 Å². The summed E-state index contributed by atoms with van der Waals surface area (Å²) in [5, 5.41) is 2.96. The van der Waals surface area contributed by atoms with Crippen LogP contribution in [0.15, 0.2) is 0 Å². The van der Waals surface area contributed by atoms with Crippen LogP contribution in [0.25, 0.3) is 0 Å². The van der Waals surface area contributed by atoms with Crippen LogP contribution >= 0.6 is 0 Å². The molecule has 0 aromatic heterocycles. The Morgan fingerprint density at radius 3 is 2.60 bits per heavy atom. The van der Waals surface area contributed by atoms with Gasteiger partial charge < -0.3 is 15.0 Å². The summed E-state index contributed by atoms with van der Waals surface area (Å²) in [6.45, 7) is 3.79. The SMILES string of the molecule is CN1CCC(OCCC2(F)CNC2)CC1. The maximum atomic E-state index is 13.6. The average Bonchev–Trinajstić information content (AvgIpc) is 2.19. The van der Waals surface area contributed by atoms with Gasteiger partial charge in [0.2, 0.25) is 0 Å². The highest BCUT2D eigenvalue weighted by atomic mass is 19.1.